The predicted octanol–water partition coefficient (Wildman–Crippen LogP) is 1.44. The molecule has 1 aliphatic rings. The van der Waals surface area contributed by atoms with E-state index in [2.05, 4.69) is 16.0 Å². The molecule has 0 spiro atoms. The monoisotopic (exact) mass is 264 g/mol. The molecule has 1 aromatic rings. The van der Waals surface area contributed by atoms with Crippen molar-refractivity contribution in [1.29, 1.82) is 15.8 Å². The molecule has 0 aromatic heterocycles. The van der Waals surface area contributed by atoms with Crippen LogP contribution in [0.4, 0.5) is 11.4 Å². The Hall–Kier alpha value is -3.01. The van der Waals surface area contributed by atoms with Crippen molar-refractivity contribution in [3.05, 3.63) is 35.0 Å². The van der Waals surface area contributed by atoms with Gasteiger partial charge in [-0.1, -0.05) is 0 Å². The summed E-state index contributed by atoms with van der Waals surface area (Å²) in [6, 6.07) is 10.9. The minimum atomic E-state index is -0.223. The lowest BCUT2D eigenvalue weighted by atomic mass is 10.1. The van der Waals surface area contributed by atoms with Gasteiger partial charge in [-0.25, -0.2) is 0 Å². The van der Waals surface area contributed by atoms with Gasteiger partial charge in [0.05, 0.1) is 0 Å². The number of nitrogens with one attached hydrogen (secondary N) is 3. The quantitative estimate of drug-likeness (QED) is 0.697. The number of hydrogen-bond acceptors (Lipinski definition) is 6. The molecule has 0 radical (unpaired) electrons. The van der Waals surface area contributed by atoms with Crippen LogP contribution < -0.4 is 16.0 Å². The molecule has 2 rings (SSSR count). The van der Waals surface area contributed by atoms with Gasteiger partial charge in [0.1, 0.15) is 23.9 Å². The van der Waals surface area contributed by atoms with Gasteiger partial charge >= 0.3 is 0 Å². The number of allylic oxidation sites excluding steroid dienone is 2. The van der Waals surface area contributed by atoms with E-state index in [-0.39, 0.29) is 11.3 Å². The Morgan fingerprint density at radius 3 is 2.60 bits per heavy atom. The highest BCUT2D eigenvalue weighted by atomic mass is 15.0. The first kappa shape index (κ1) is 13.4. The highest BCUT2D eigenvalue weighted by Gasteiger charge is 2.10. The molecule has 0 aliphatic carbocycles. The van der Waals surface area contributed by atoms with Gasteiger partial charge in [-0.15, -0.1) is 0 Å². The molecule has 0 saturated carbocycles. The molecule has 6 nitrogen and oxygen atoms in total. The van der Waals surface area contributed by atoms with Gasteiger partial charge in [-0.2, -0.15) is 15.8 Å². The van der Waals surface area contributed by atoms with Gasteiger partial charge in [0.25, 0.3) is 0 Å². The highest BCUT2D eigenvalue weighted by molar-refractivity contribution is 5.64. The SMILES string of the molecule is N#CC(C#N)=C(C#N)Nc1ccc2c(c1)CNCCN2. The summed E-state index contributed by atoms with van der Waals surface area (Å²) in [7, 11) is 0. The van der Waals surface area contributed by atoms with Crippen LogP contribution in [0, 0.1) is 34.0 Å². The van der Waals surface area contributed by atoms with Gasteiger partial charge in [0.2, 0.25) is 0 Å². The maximum absolute atomic E-state index is 9.01. The molecule has 6 heteroatoms. The minimum absolute atomic E-state index is 0.0375. The molecule has 1 aliphatic heterocycles. The van der Waals surface area contributed by atoms with Crippen LogP contribution in [0.3, 0.4) is 0 Å². The minimum Gasteiger partial charge on any atom is -0.384 e. The van der Waals surface area contributed by atoms with E-state index in [4.69, 9.17) is 15.8 Å². The zero-order chi connectivity index (χ0) is 14.4. The summed E-state index contributed by atoms with van der Waals surface area (Å²) < 4.78 is 0. The molecule has 0 bridgehead atoms. The summed E-state index contributed by atoms with van der Waals surface area (Å²) in [5.74, 6) is 0. The second kappa shape index (κ2) is 6.24. The summed E-state index contributed by atoms with van der Waals surface area (Å²) in [5.41, 5.74) is 2.53. The number of rotatable bonds is 2. The second-order valence-corrected chi connectivity index (χ2v) is 4.19. The molecular weight excluding hydrogens is 252 g/mol. The van der Waals surface area contributed by atoms with Crippen LogP contribution in [0.15, 0.2) is 29.5 Å². The molecule has 98 valence electrons. The normalized spacial score (nSPS) is 12.4. The van der Waals surface area contributed by atoms with Crippen LogP contribution >= 0.6 is 0 Å². The van der Waals surface area contributed by atoms with Crippen molar-refractivity contribution in [2.24, 2.45) is 0 Å². The Kier molecular flexibility index (Phi) is 4.19. The lowest BCUT2D eigenvalue weighted by Crippen LogP contribution is -2.16. The Morgan fingerprint density at radius 2 is 1.90 bits per heavy atom. The second-order valence-electron chi connectivity index (χ2n) is 4.19. The highest BCUT2D eigenvalue weighted by Crippen LogP contribution is 2.23. The summed E-state index contributed by atoms with van der Waals surface area (Å²) in [5, 5.41) is 36.0. The Bertz CT molecular complexity index is 652. The van der Waals surface area contributed by atoms with Gasteiger partial charge in [0.15, 0.2) is 5.57 Å². The zero-order valence-corrected chi connectivity index (χ0v) is 10.7. The van der Waals surface area contributed by atoms with Crippen molar-refractivity contribution >= 4 is 11.4 Å². The van der Waals surface area contributed by atoms with Crippen molar-refractivity contribution < 1.29 is 0 Å². The first-order chi connectivity index (χ1) is 9.78. The first-order valence-corrected chi connectivity index (χ1v) is 6.07. The molecule has 3 N–H and O–H groups in total. The third-order valence-corrected chi connectivity index (χ3v) is 2.89. The molecule has 0 atom stereocenters. The number of hydrogen-bond donors (Lipinski definition) is 3. The standard InChI is InChI=1S/C14H12N6/c15-6-11(7-16)14(8-17)20-12-1-2-13-10(5-12)9-18-3-4-19-13/h1-2,5,18-20H,3-4,9H2. The van der Waals surface area contributed by atoms with Crippen molar-refractivity contribution in [2.45, 2.75) is 6.54 Å². The van der Waals surface area contributed by atoms with E-state index in [0.29, 0.717) is 5.69 Å². The van der Waals surface area contributed by atoms with Crippen molar-refractivity contribution in [3.8, 4) is 18.2 Å². The number of benzene rings is 1. The molecule has 0 unspecified atom stereocenters. The lowest BCUT2D eigenvalue weighted by Gasteiger charge is -2.10. The average molecular weight is 264 g/mol. The number of fused-ring (bicyclic) bond motifs is 1. The van der Waals surface area contributed by atoms with Gasteiger partial charge in [-0.05, 0) is 23.8 Å². The van der Waals surface area contributed by atoms with Crippen LogP contribution in [0.2, 0.25) is 0 Å². The van der Waals surface area contributed by atoms with Crippen LogP contribution in [0.5, 0.6) is 0 Å². The molecule has 1 heterocycles. The summed E-state index contributed by atoms with van der Waals surface area (Å²) in [4.78, 5) is 0. The molecular formula is C14H12N6. The fourth-order valence-corrected chi connectivity index (χ4v) is 1.93. The average Bonchev–Trinajstić information content (AvgIpc) is 2.72. The molecule has 0 saturated heterocycles. The van der Waals surface area contributed by atoms with Crippen molar-refractivity contribution in [1.82, 2.24) is 5.32 Å². The summed E-state index contributed by atoms with van der Waals surface area (Å²) in [6.45, 7) is 2.47. The van der Waals surface area contributed by atoms with E-state index in [1.165, 1.54) is 0 Å². The van der Waals surface area contributed by atoms with Gasteiger partial charge in [0, 0.05) is 31.0 Å². The van der Waals surface area contributed by atoms with E-state index < -0.39 is 0 Å². The molecule has 1 aromatic carbocycles. The fourth-order valence-electron chi connectivity index (χ4n) is 1.93. The third-order valence-electron chi connectivity index (χ3n) is 2.89. The first-order valence-electron chi connectivity index (χ1n) is 6.07. The van der Waals surface area contributed by atoms with Crippen LogP contribution in [0.25, 0.3) is 0 Å². The zero-order valence-electron chi connectivity index (χ0n) is 10.7. The number of nitriles is 3. The number of anilines is 2. The van der Waals surface area contributed by atoms with Crippen molar-refractivity contribution in [3.63, 3.8) is 0 Å². The van der Waals surface area contributed by atoms with Crippen molar-refractivity contribution in [2.75, 3.05) is 23.7 Å². The van der Waals surface area contributed by atoms with E-state index in [9.17, 15) is 0 Å². The largest absolute Gasteiger partial charge is 0.384 e. The van der Waals surface area contributed by atoms with Crippen LogP contribution in [0.1, 0.15) is 5.56 Å². The molecule has 20 heavy (non-hydrogen) atoms. The molecule has 0 fully saturated rings. The van der Waals surface area contributed by atoms with Crippen LogP contribution in [-0.4, -0.2) is 13.1 Å². The van der Waals surface area contributed by atoms with Gasteiger partial charge < -0.3 is 16.0 Å². The van der Waals surface area contributed by atoms with E-state index in [0.717, 1.165) is 30.9 Å². The lowest BCUT2D eigenvalue weighted by molar-refractivity contribution is 0.725. The topological polar surface area (TPSA) is 107 Å². The Balaban J connectivity index is 2.30. The summed E-state index contributed by atoms with van der Waals surface area (Å²) in [6.07, 6.45) is 0. The Morgan fingerprint density at radius 1 is 1.10 bits per heavy atom. The predicted molar refractivity (Wildman–Crippen MR) is 74.1 cm³/mol. The summed E-state index contributed by atoms with van der Waals surface area (Å²) >= 11 is 0. The van der Waals surface area contributed by atoms with E-state index in [1.807, 2.05) is 18.2 Å². The Labute approximate surface area is 116 Å². The van der Waals surface area contributed by atoms with Gasteiger partial charge in [-0.3, -0.25) is 0 Å². The van der Waals surface area contributed by atoms with Crippen LogP contribution in [-0.2, 0) is 6.54 Å². The van der Waals surface area contributed by atoms with E-state index >= 15 is 0 Å². The number of nitrogens with zero attached hydrogens (tertiary/aromatic N) is 3. The van der Waals surface area contributed by atoms with E-state index in [1.54, 1.807) is 18.2 Å². The fraction of sp³-hybridized carbons (Fsp3) is 0.214. The maximum Gasteiger partial charge on any atom is 0.163 e. The third kappa shape index (κ3) is 2.87. The maximum atomic E-state index is 9.01. The molecule has 0 amide bonds. The smallest absolute Gasteiger partial charge is 0.163 e.